The number of imidazole rings is 1. The second kappa shape index (κ2) is 19.3. The maximum Gasteiger partial charge on any atom is 0.328 e. The molecule has 2 aromatic rings. The summed E-state index contributed by atoms with van der Waals surface area (Å²) in [6.07, 6.45) is 8.44. The SMILES string of the molecule is COc1ccc(C(CCn2ccnc2)=NOCCN)cc1.O=C(O)/C=C/C(=O)O.O=C(O)/C=C/C(=O)O. The topological polar surface area (TPSA) is 224 Å². The predicted molar refractivity (Wildman–Crippen MR) is 130 cm³/mol. The van der Waals surface area contributed by atoms with Gasteiger partial charge in [-0.15, -0.1) is 0 Å². The van der Waals surface area contributed by atoms with Gasteiger partial charge in [-0.2, -0.15) is 0 Å². The van der Waals surface area contributed by atoms with Crippen LogP contribution in [0.1, 0.15) is 12.0 Å². The maximum absolute atomic E-state index is 9.55. The fourth-order valence-electron chi connectivity index (χ4n) is 2.14. The number of aryl methyl sites for hydroxylation is 1. The van der Waals surface area contributed by atoms with Crippen LogP contribution < -0.4 is 10.5 Å². The normalized spacial score (nSPS) is 10.6. The number of ether oxygens (including phenoxy) is 1. The summed E-state index contributed by atoms with van der Waals surface area (Å²) < 4.78 is 7.17. The van der Waals surface area contributed by atoms with Crippen LogP contribution in [-0.2, 0) is 30.6 Å². The molecule has 0 unspecified atom stereocenters. The average molecular weight is 520 g/mol. The number of rotatable bonds is 12. The fourth-order valence-corrected chi connectivity index (χ4v) is 2.14. The molecule has 14 heteroatoms. The van der Waals surface area contributed by atoms with Gasteiger partial charge < -0.3 is 40.3 Å². The Morgan fingerprint density at radius 1 is 0.946 bits per heavy atom. The number of hydrogen-bond donors (Lipinski definition) is 5. The van der Waals surface area contributed by atoms with E-state index in [4.69, 9.17) is 35.7 Å². The molecular weight excluding hydrogens is 492 g/mol. The van der Waals surface area contributed by atoms with Crippen molar-refractivity contribution in [2.45, 2.75) is 13.0 Å². The minimum Gasteiger partial charge on any atom is -0.497 e. The number of carboxylic acid groups (broad SMARTS) is 4. The zero-order valence-corrected chi connectivity index (χ0v) is 19.8. The molecule has 0 saturated carbocycles. The molecule has 0 bridgehead atoms. The van der Waals surface area contributed by atoms with Gasteiger partial charge in [-0.3, -0.25) is 0 Å². The van der Waals surface area contributed by atoms with Crippen molar-refractivity contribution in [1.82, 2.24) is 9.55 Å². The van der Waals surface area contributed by atoms with Crippen molar-refractivity contribution < 1.29 is 49.2 Å². The van der Waals surface area contributed by atoms with Crippen LogP contribution in [0.2, 0.25) is 0 Å². The Morgan fingerprint density at radius 2 is 1.46 bits per heavy atom. The summed E-state index contributed by atoms with van der Waals surface area (Å²) in [6, 6.07) is 7.75. The molecule has 0 aliphatic heterocycles. The Balaban J connectivity index is 0.000000669. The number of hydrogen-bond acceptors (Lipinski definition) is 9. The molecular formula is C23H28N4O10. The van der Waals surface area contributed by atoms with E-state index in [1.807, 2.05) is 35.0 Å². The van der Waals surface area contributed by atoms with E-state index in [9.17, 15) is 19.2 Å². The van der Waals surface area contributed by atoms with Crippen molar-refractivity contribution in [2.24, 2.45) is 10.9 Å². The van der Waals surface area contributed by atoms with Gasteiger partial charge in [0.15, 0.2) is 0 Å². The predicted octanol–water partition coefficient (Wildman–Crippen LogP) is 1.09. The van der Waals surface area contributed by atoms with Gasteiger partial charge in [0, 0.05) is 56.2 Å². The fraction of sp³-hybridized carbons (Fsp3) is 0.217. The summed E-state index contributed by atoms with van der Waals surface area (Å²) in [4.78, 5) is 47.5. The number of benzene rings is 1. The second-order valence-electron chi connectivity index (χ2n) is 6.46. The number of methoxy groups -OCH3 is 1. The van der Waals surface area contributed by atoms with E-state index in [1.165, 1.54) is 0 Å². The highest BCUT2D eigenvalue weighted by atomic mass is 16.6. The van der Waals surface area contributed by atoms with Gasteiger partial charge >= 0.3 is 23.9 Å². The van der Waals surface area contributed by atoms with E-state index in [0.717, 1.165) is 30.0 Å². The molecule has 0 fully saturated rings. The minimum absolute atomic E-state index is 0.407. The molecule has 1 aromatic heterocycles. The van der Waals surface area contributed by atoms with Crippen LogP contribution in [0.4, 0.5) is 0 Å². The molecule has 1 heterocycles. The molecule has 0 radical (unpaired) electrons. The van der Waals surface area contributed by atoms with Crippen molar-refractivity contribution in [1.29, 1.82) is 0 Å². The van der Waals surface area contributed by atoms with E-state index in [-0.39, 0.29) is 0 Å². The molecule has 2 rings (SSSR count). The van der Waals surface area contributed by atoms with Crippen LogP contribution >= 0.6 is 0 Å². The van der Waals surface area contributed by atoms with E-state index >= 15 is 0 Å². The quantitative estimate of drug-likeness (QED) is 0.115. The van der Waals surface area contributed by atoms with Gasteiger partial charge in [0.1, 0.15) is 12.4 Å². The molecule has 200 valence electrons. The van der Waals surface area contributed by atoms with Crippen LogP contribution in [0.15, 0.2) is 72.4 Å². The Labute approximate surface area is 211 Å². The number of aliphatic carboxylic acids is 4. The highest BCUT2D eigenvalue weighted by Crippen LogP contribution is 2.14. The number of carbonyl (C=O) groups is 4. The summed E-state index contributed by atoms with van der Waals surface area (Å²) in [7, 11) is 1.65. The molecule has 0 aliphatic carbocycles. The van der Waals surface area contributed by atoms with Crippen LogP contribution in [-0.4, -0.2) is 79.8 Å². The van der Waals surface area contributed by atoms with E-state index in [2.05, 4.69) is 10.1 Å². The minimum atomic E-state index is -1.26. The number of nitrogens with two attached hydrogens (primary N) is 1. The standard InChI is InChI=1S/C15H20N4O2.2C4H4O4/c1-20-14-4-2-13(3-5-14)15(18-21-11-7-16)6-9-19-10-8-17-12-19;2*5-3(6)1-2-4(7)8/h2-5,8,10,12H,6-7,9,11,16H2,1H3;2*1-2H,(H,5,6)(H,7,8)/b;2*2-1+. The lowest BCUT2D eigenvalue weighted by Crippen LogP contribution is -2.10. The second-order valence-corrected chi connectivity index (χ2v) is 6.46. The van der Waals surface area contributed by atoms with E-state index in [1.54, 1.807) is 19.6 Å². The Morgan fingerprint density at radius 3 is 1.84 bits per heavy atom. The van der Waals surface area contributed by atoms with Gasteiger partial charge in [-0.1, -0.05) is 5.16 Å². The first-order valence-corrected chi connectivity index (χ1v) is 10.4. The first-order chi connectivity index (χ1) is 17.6. The molecule has 37 heavy (non-hydrogen) atoms. The van der Waals surface area contributed by atoms with Gasteiger partial charge in [0.05, 0.1) is 19.1 Å². The monoisotopic (exact) mass is 520 g/mol. The summed E-state index contributed by atoms with van der Waals surface area (Å²) in [6.45, 7) is 1.64. The van der Waals surface area contributed by atoms with Crippen LogP contribution in [0.5, 0.6) is 5.75 Å². The molecule has 0 aliphatic rings. The van der Waals surface area contributed by atoms with E-state index < -0.39 is 23.9 Å². The first-order valence-electron chi connectivity index (χ1n) is 10.4. The summed E-state index contributed by atoms with van der Waals surface area (Å²) in [5.41, 5.74) is 7.30. The molecule has 6 N–H and O–H groups in total. The van der Waals surface area contributed by atoms with Crippen molar-refractivity contribution in [3.8, 4) is 5.75 Å². The largest absolute Gasteiger partial charge is 0.497 e. The van der Waals surface area contributed by atoms with Crippen molar-refractivity contribution in [2.75, 3.05) is 20.3 Å². The van der Waals surface area contributed by atoms with Crippen LogP contribution in [0.3, 0.4) is 0 Å². The zero-order chi connectivity index (χ0) is 28.1. The number of nitrogens with zero attached hydrogens (tertiary/aromatic N) is 3. The van der Waals surface area contributed by atoms with Gasteiger partial charge in [0.2, 0.25) is 0 Å². The summed E-state index contributed by atoms with van der Waals surface area (Å²) in [5.74, 6) is -4.21. The first kappa shape index (κ1) is 32.0. The number of oxime groups is 1. The maximum atomic E-state index is 9.55. The molecule has 0 spiro atoms. The highest BCUT2D eigenvalue weighted by Gasteiger charge is 2.06. The molecule has 0 atom stereocenters. The molecule has 0 amide bonds. The van der Waals surface area contributed by atoms with Gasteiger partial charge in [-0.05, 0) is 29.8 Å². The van der Waals surface area contributed by atoms with Crippen molar-refractivity contribution >= 4 is 29.6 Å². The third-order valence-corrected chi connectivity index (χ3v) is 3.71. The van der Waals surface area contributed by atoms with E-state index in [0.29, 0.717) is 37.5 Å². The lowest BCUT2D eigenvalue weighted by Gasteiger charge is -2.08. The molecule has 14 nitrogen and oxygen atoms in total. The Kier molecular flexibility index (Phi) is 16.7. The lowest BCUT2D eigenvalue weighted by molar-refractivity contribution is -0.134. The molecule has 1 aromatic carbocycles. The Hall–Kier alpha value is -4.98. The third-order valence-electron chi connectivity index (χ3n) is 3.71. The average Bonchev–Trinajstić information content (AvgIpc) is 3.38. The third kappa shape index (κ3) is 18.1. The van der Waals surface area contributed by atoms with Crippen molar-refractivity contribution in [3.05, 3.63) is 72.9 Å². The van der Waals surface area contributed by atoms with Gasteiger partial charge in [-0.25, -0.2) is 24.2 Å². The summed E-state index contributed by atoms with van der Waals surface area (Å²) in [5, 5.41) is 35.4. The van der Waals surface area contributed by atoms with Gasteiger partial charge in [0.25, 0.3) is 0 Å². The molecule has 0 saturated heterocycles. The van der Waals surface area contributed by atoms with Crippen LogP contribution in [0, 0.1) is 0 Å². The number of carboxylic acids is 4. The number of aromatic nitrogens is 2. The highest BCUT2D eigenvalue weighted by molar-refractivity contribution is 6.00. The van der Waals surface area contributed by atoms with Crippen molar-refractivity contribution in [3.63, 3.8) is 0 Å². The lowest BCUT2D eigenvalue weighted by atomic mass is 10.1. The smallest absolute Gasteiger partial charge is 0.328 e. The summed E-state index contributed by atoms with van der Waals surface area (Å²) >= 11 is 0. The zero-order valence-electron chi connectivity index (χ0n) is 19.8. The Bertz CT molecular complexity index is 996. The van der Waals surface area contributed by atoms with Crippen LogP contribution in [0.25, 0.3) is 0 Å².